The van der Waals surface area contributed by atoms with Crippen LogP contribution in [0.4, 0.5) is 28.4 Å². The van der Waals surface area contributed by atoms with Gasteiger partial charge in [0.05, 0.1) is 54.1 Å². The van der Waals surface area contributed by atoms with E-state index in [1.165, 1.54) is 0 Å². The molecular formula is C48H40N6O6. The Labute approximate surface area is 342 Å². The molecule has 0 bridgehead atoms. The van der Waals surface area contributed by atoms with Crippen molar-refractivity contribution in [3.8, 4) is 11.5 Å². The SMILES string of the molecule is CN=c1ccc(=Nc2ccc(C)c3c(O)c4c(NC)ccc(C)c4c(O)c23)c2c(=O)c3c(NC)ccc(C)c3c(=O)c1=2.Nc1cccc2c1C(=O)c1cccc(N)c1C2=O. The molecule has 6 aromatic carbocycles. The summed E-state index contributed by atoms with van der Waals surface area (Å²) in [6.07, 6.45) is 0. The molecule has 12 nitrogen and oxygen atoms in total. The van der Waals surface area contributed by atoms with Gasteiger partial charge in [-0.2, -0.15) is 0 Å². The molecule has 0 radical (unpaired) electrons. The van der Waals surface area contributed by atoms with E-state index < -0.39 is 0 Å². The molecule has 0 fully saturated rings. The smallest absolute Gasteiger partial charge is 0.198 e. The number of fused-ring (bicyclic) bond motifs is 5. The molecule has 0 amide bonds. The minimum Gasteiger partial charge on any atom is -0.507 e. The van der Waals surface area contributed by atoms with Crippen LogP contribution in [0.15, 0.2) is 105 Å². The largest absolute Gasteiger partial charge is 0.507 e. The number of aryl methyl sites for hydroxylation is 3. The van der Waals surface area contributed by atoms with Gasteiger partial charge >= 0.3 is 0 Å². The molecule has 0 spiro atoms. The van der Waals surface area contributed by atoms with Gasteiger partial charge in [-0.25, -0.2) is 4.99 Å². The van der Waals surface area contributed by atoms with Gasteiger partial charge in [0.25, 0.3) is 0 Å². The number of ketones is 2. The molecule has 9 rings (SSSR count). The molecule has 3 aliphatic rings. The average Bonchev–Trinajstić information content (AvgIpc) is 3.24. The summed E-state index contributed by atoms with van der Waals surface area (Å²) in [7, 11) is 5.05. The van der Waals surface area contributed by atoms with Crippen LogP contribution in [0.5, 0.6) is 11.5 Å². The first kappa shape index (κ1) is 39.0. The Hall–Kier alpha value is -7.86. The third-order valence-electron chi connectivity index (χ3n) is 11.4. The van der Waals surface area contributed by atoms with Crippen LogP contribution in [0, 0.1) is 31.2 Å². The first-order chi connectivity index (χ1) is 28.7. The Morgan fingerprint density at radius 1 is 0.517 bits per heavy atom. The standard InChI is InChI=1S/C34H30N4O4.C14H10N2O2/c1-15-7-10-18(35-4)26-23(15)33(41)29-21(12-9-17(3)25(29)31(26)39)38-22-14-13-20(37-6)28-30(22)34(42)27-19(36-5)11-8-16(2)24(27)32(28)40;15-9-5-1-3-7-11(9)14(18)8-4-2-6-10(16)12(8)13(7)17/h7-14,35-36,39,41H,1-6H3;1-6H,15-16H2. The molecule has 12 heteroatoms. The zero-order valence-corrected chi connectivity index (χ0v) is 33.7. The Morgan fingerprint density at radius 3 is 1.52 bits per heavy atom. The number of carbonyl (C=O) groups is 2. The number of nitrogen functional groups attached to an aromatic ring is 2. The Morgan fingerprint density at radius 2 is 0.967 bits per heavy atom. The van der Waals surface area contributed by atoms with E-state index >= 15 is 0 Å². The molecule has 0 atom stereocenters. The number of anilines is 4. The van der Waals surface area contributed by atoms with Gasteiger partial charge in [0.15, 0.2) is 22.4 Å². The lowest BCUT2D eigenvalue weighted by molar-refractivity contribution is 0.0980. The van der Waals surface area contributed by atoms with Crippen LogP contribution >= 0.6 is 0 Å². The van der Waals surface area contributed by atoms with Crippen molar-refractivity contribution in [1.82, 2.24) is 0 Å². The molecule has 0 saturated heterocycles. The fraction of sp³-hybridized carbons (Fsp3) is 0.125. The van der Waals surface area contributed by atoms with Crippen LogP contribution in [0.3, 0.4) is 0 Å². The third kappa shape index (κ3) is 5.67. The van der Waals surface area contributed by atoms with Gasteiger partial charge in [0, 0.05) is 71.2 Å². The van der Waals surface area contributed by atoms with Crippen molar-refractivity contribution in [2.75, 3.05) is 43.2 Å². The summed E-state index contributed by atoms with van der Waals surface area (Å²) in [6.45, 7) is 5.53. The van der Waals surface area contributed by atoms with Crippen LogP contribution in [-0.4, -0.2) is 42.9 Å². The molecular weight excluding hydrogens is 757 g/mol. The van der Waals surface area contributed by atoms with Crippen LogP contribution in [0.25, 0.3) is 32.3 Å². The number of phenolic OH excluding ortho intramolecular Hbond substituents is 2. The van der Waals surface area contributed by atoms with E-state index in [9.17, 15) is 29.4 Å². The van der Waals surface area contributed by atoms with Gasteiger partial charge in [0.2, 0.25) is 0 Å². The highest BCUT2D eigenvalue weighted by atomic mass is 16.3. The molecule has 0 unspecified atom stereocenters. The molecule has 0 saturated carbocycles. The predicted octanol–water partition coefficient (Wildman–Crippen LogP) is 6.28. The molecule has 298 valence electrons. The monoisotopic (exact) mass is 796 g/mol. The maximum absolute atomic E-state index is 14.2. The fourth-order valence-corrected chi connectivity index (χ4v) is 8.49. The first-order valence-electron chi connectivity index (χ1n) is 19.1. The van der Waals surface area contributed by atoms with Gasteiger partial charge in [-0.3, -0.25) is 24.2 Å². The molecule has 0 heterocycles. The van der Waals surface area contributed by atoms with Gasteiger partial charge in [-0.15, -0.1) is 0 Å². The highest BCUT2D eigenvalue weighted by Crippen LogP contribution is 2.49. The highest BCUT2D eigenvalue weighted by molar-refractivity contribution is 6.31. The quantitative estimate of drug-likeness (QED) is 0.0670. The Kier molecular flexibility index (Phi) is 9.43. The van der Waals surface area contributed by atoms with E-state index in [4.69, 9.17) is 16.5 Å². The van der Waals surface area contributed by atoms with Crippen LogP contribution in [0.2, 0.25) is 0 Å². The summed E-state index contributed by atoms with van der Waals surface area (Å²) >= 11 is 0. The van der Waals surface area contributed by atoms with Crippen molar-refractivity contribution in [3.63, 3.8) is 0 Å². The van der Waals surface area contributed by atoms with Crippen LogP contribution in [-0.2, 0) is 0 Å². The van der Waals surface area contributed by atoms with E-state index in [0.29, 0.717) is 82.8 Å². The zero-order chi connectivity index (χ0) is 42.9. The van der Waals surface area contributed by atoms with Crippen molar-refractivity contribution in [2.24, 2.45) is 9.98 Å². The number of phenols is 2. The maximum atomic E-state index is 14.2. The van der Waals surface area contributed by atoms with Gasteiger partial charge in [0.1, 0.15) is 11.5 Å². The summed E-state index contributed by atoms with van der Waals surface area (Å²) < 4.78 is 0. The van der Waals surface area contributed by atoms with E-state index in [2.05, 4.69) is 15.6 Å². The van der Waals surface area contributed by atoms with Crippen molar-refractivity contribution in [1.29, 1.82) is 0 Å². The van der Waals surface area contributed by atoms with Gasteiger partial charge in [-0.1, -0.05) is 42.5 Å². The minimum atomic E-state index is -0.333. The van der Waals surface area contributed by atoms with Crippen molar-refractivity contribution in [2.45, 2.75) is 20.8 Å². The number of hydrogen-bond acceptors (Lipinski definition) is 12. The normalized spacial score (nSPS) is 12.8. The van der Waals surface area contributed by atoms with Crippen molar-refractivity contribution in [3.05, 3.63) is 165 Å². The topological polar surface area (TPSA) is 210 Å². The zero-order valence-electron chi connectivity index (χ0n) is 33.7. The summed E-state index contributed by atoms with van der Waals surface area (Å²) in [6, 6.07) is 24.0. The first-order valence-corrected chi connectivity index (χ1v) is 19.1. The molecule has 0 aromatic heterocycles. The van der Waals surface area contributed by atoms with E-state index in [-0.39, 0.29) is 60.8 Å². The number of nitrogens with two attached hydrogens (primary N) is 2. The van der Waals surface area contributed by atoms with Crippen molar-refractivity contribution < 1.29 is 19.8 Å². The molecule has 0 aliphatic heterocycles. The van der Waals surface area contributed by atoms with Crippen LogP contribution < -0.4 is 43.7 Å². The number of rotatable bonds is 3. The summed E-state index contributed by atoms with van der Waals surface area (Å²) in [5, 5.41) is 33.0. The average molecular weight is 797 g/mol. The van der Waals surface area contributed by atoms with Crippen LogP contribution in [0.1, 0.15) is 48.5 Å². The lowest BCUT2D eigenvalue weighted by Gasteiger charge is -2.19. The lowest BCUT2D eigenvalue weighted by Crippen LogP contribution is -2.29. The van der Waals surface area contributed by atoms with E-state index in [0.717, 1.165) is 11.1 Å². The second kappa shape index (κ2) is 14.5. The molecule has 6 aromatic rings. The highest BCUT2D eigenvalue weighted by Gasteiger charge is 2.32. The number of benzene rings is 6. The molecule has 8 N–H and O–H groups in total. The number of aromatic hydroxyl groups is 2. The summed E-state index contributed by atoms with van der Waals surface area (Å²) in [5.41, 5.74) is 16.6. The minimum absolute atomic E-state index is 0.0234. The second-order valence-corrected chi connectivity index (χ2v) is 14.8. The number of nitrogens with one attached hydrogen (secondary N) is 2. The number of carbonyl (C=O) groups excluding carboxylic acids is 2. The number of nitrogens with zero attached hydrogens (tertiary/aromatic N) is 2. The maximum Gasteiger partial charge on any atom is 0.198 e. The fourth-order valence-electron chi connectivity index (χ4n) is 8.49. The molecule has 3 aliphatic carbocycles. The molecule has 60 heavy (non-hydrogen) atoms. The van der Waals surface area contributed by atoms with Crippen molar-refractivity contribution >= 4 is 72.3 Å². The Bertz CT molecular complexity index is 3470. The lowest BCUT2D eigenvalue weighted by atomic mass is 9.82. The predicted molar refractivity (Wildman–Crippen MR) is 238 cm³/mol. The van der Waals surface area contributed by atoms with E-state index in [1.807, 2.05) is 45.0 Å². The number of hydrogen-bond donors (Lipinski definition) is 6. The summed E-state index contributed by atoms with van der Waals surface area (Å²) in [5.74, 6) is -0.489. The third-order valence-corrected chi connectivity index (χ3v) is 11.4. The van der Waals surface area contributed by atoms with Gasteiger partial charge in [-0.05, 0) is 79.9 Å². The van der Waals surface area contributed by atoms with Gasteiger partial charge < -0.3 is 32.3 Å². The van der Waals surface area contributed by atoms with E-state index in [1.54, 1.807) is 81.8 Å². The summed E-state index contributed by atoms with van der Waals surface area (Å²) in [4.78, 5) is 62.0. The second-order valence-electron chi connectivity index (χ2n) is 14.8. The Balaban J connectivity index is 0.000000230.